The van der Waals surface area contributed by atoms with E-state index in [-0.39, 0.29) is 22.3 Å². The molecule has 24 heavy (non-hydrogen) atoms. The van der Waals surface area contributed by atoms with Crippen LogP contribution in [0.15, 0.2) is 29.7 Å². The van der Waals surface area contributed by atoms with Crippen LogP contribution < -0.4 is 4.72 Å². The minimum Gasteiger partial charge on any atom is -0.478 e. The summed E-state index contributed by atoms with van der Waals surface area (Å²) in [4.78, 5) is 15.4. The van der Waals surface area contributed by atoms with E-state index in [0.717, 1.165) is 12.0 Å². The Morgan fingerprint density at radius 2 is 2.04 bits per heavy atom. The third-order valence-electron chi connectivity index (χ3n) is 3.90. The average Bonchev–Trinajstić information content (AvgIpc) is 2.99. The number of aryl methyl sites for hydroxylation is 2. The zero-order valence-electron chi connectivity index (χ0n) is 14.1. The van der Waals surface area contributed by atoms with Crippen LogP contribution in [-0.4, -0.2) is 29.0 Å². The molecule has 1 unspecified atom stereocenters. The van der Waals surface area contributed by atoms with Crippen LogP contribution in [0.1, 0.15) is 47.8 Å². The Kier molecular flexibility index (Phi) is 4.98. The first kappa shape index (κ1) is 18.0. The fourth-order valence-corrected chi connectivity index (χ4v) is 3.46. The summed E-state index contributed by atoms with van der Waals surface area (Å²) in [7, 11) is -3.97. The summed E-state index contributed by atoms with van der Waals surface area (Å²) in [6, 6.07) is 3.28. The monoisotopic (exact) mass is 351 g/mol. The minimum absolute atomic E-state index is 0.0613. The first-order valence-electron chi connectivity index (χ1n) is 7.56. The molecule has 0 bridgehead atoms. The largest absolute Gasteiger partial charge is 0.478 e. The van der Waals surface area contributed by atoms with Gasteiger partial charge < -0.3 is 9.67 Å². The summed E-state index contributed by atoms with van der Waals surface area (Å²) in [5.74, 6) is -1.19. The van der Waals surface area contributed by atoms with Crippen LogP contribution in [0.25, 0.3) is 0 Å². The first-order valence-corrected chi connectivity index (χ1v) is 9.04. The first-order chi connectivity index (χ1) is 11.2. The molecule has 7 nitrogen and oxygen atoms in total. The quantitative estimate of drug-likeness (QED) is 0.833. The Bertz CT molecular complexity index is 871. The Morgan fingerprint density at radius 1 is 1.38 bits per heavy atom. The molecule has 1 heterocycles. The van der Waals surface area contributed by atoms with Crippen molar-refractivity contribution in [2.24, 2.45) is 0 Å². The lowest BCUT2D eigenvalue weighted by molar-refractivity contribution is 0.0698. The van der Waals surface area contributed by atoms with Gasteiger partial charge in [0.2, 0.25) is 0 Å². The van der Waals surface area contributed by atoms with Crippen molar-refractivity contribution in [2.75, 3.05) is 4.72 Å². The minimum atomic E-state index is -3.97. The topological polar surface area (TPSA) is 101 Å². The van der Waals surface area contributed by atoms with Gasteiger partial charge in [-0.1, -0.05) is 13.0 Å². The Balaban J connectivity index is 2.43. The van der Waals surface area contributed by atoms with E-state index < -0.39 is 16.0 Å². The molecule has 0 amide bonds. The molecule has 1 atom stereocenters. The molecule has 0 fully saturated rings. The van der Waals surface area contributed by atoms with Gasteiger partial charge in [0, 0.05) is 12.2 Å². The van der Waals surface area contributed by atoms with Gasteiger partial charge in [-0.2, -0.15) is 8.42 Å². The lowest BCUT2D eigenvalue weighted by Crippen LogP contribution is -2.17. The van der Waals surface area contributed by atoms with Crippen LogP contribution in [0.2, 0.25) is 0 Å². The van der Waals surface area contributed by atoms with E-state index in [1.54, 1.807) is 24.5 Å². The van der Waals surface area contributed by atoms with Crippen molar-refractivity contribution in [3.05, 3.63) is 41.3 Å². The van der Waals surface area contributed by atoms with Gasteiger partial charge in [0.15, 0.2) is 5.03 Å². The maximum absolute atomic E-state index is 12.6. The van der Waals surface area contributed by atoms with E-state index >= 15 is 0 Å². The molecule has 2 rings (SSSR count). The maximum atomic E-state index is 12.6. The zero-order chi connectivity index (χ0) is 18.1. The zero-order valence-corrected chi connectivity index (χ0v) is 14.9. The van der Waals surface area contributed by atoms with Crippen molar-refractivity contribution in [2.45, 2.75) is 45.2 Å². The number of anilines is 1. The molecule has 0 saturated heterocycles. The van der Waals surface area contributed by atoms with Gasteiger partial charge in [0.1, 0.15) is 0 Å². The molecule has 8 heteroatoms. The van der Waals surface area contributed by atoms with E-state index in [2.05, 4.69) is 9.71 Å². The SMILES string of the molecule is CCC(C)n1cnc(S(=O)(=O)Nc2c(C)cc(C)cc2C(=O)O)c1. The maximum Gasteiger partial charge on any atom is 0.337 e. The highest BCUT2D eigenvalue weighted by molar-refractivity contribution is 7.92. The molecule has 130 valence electrons. The lowest BCUT2D eigenvalue weighted by Gasteiger charge is -2.13. The molecule has 2 aromatic rings. The summed E-state index contributed by atoms with van der Waals surface area (Å²) < 4.78 is 29.2. The number of sulfonamides is 1. The number of aromatic carboxylic acids is 1. The summed E-state index contributed by atoms with van der Waals surface area (Å²) in [5.41, 5.74) is 1.26. The summed E-state index contributed by atoms with van der Waals surface area (Å²) in [6.45, 7) is 7.37. The van der Waals surface area contributed by atoms with Crippen LogP contribution in [0.4, 0.5) is 5.69 Å². The van der Waals surface area contributed by atoms with Crippen molar-refractivity contribution < 1.29 is 18.3 Å². The van der Waals surface area contributed by atoms with Gasteiger partial charge in [-0.3, -0.25) is 4.72 Å². The highest BCUT2D eigenvalue weighted by Crippen LogP contribution is 2.26. The van der Waals surface area contributed by atoms with Crippen molar-refractivity contribution in [3.63, 3.8) is 0 Å². The van der Waals surface area contributed by atoms with E-state index in [0.29, 0.717) is 5.56 Å². The van der Waals surface area contributed by atoms with Crippen molar-refractivity contribution >= 4 is 21.7 Å². The molecular formula is C16H21N3O4S. The average molecular weight is 351 g/mol. The fourth-order valence-electron chi connectivity index (χ4n) is 2.37. The van der Waals surface area contributed by atoms with Crippen LogP contribution >= 0.6 is 0 Å². The number of hydrogen-bond acceptors (Lipinski definition) is 4. The second kappa shape index (κ2) is 6.64. The normalized spacial score (nSPS) is 12.8. The number of rotatable bonds is 6. The number of carbonyl (C=O) groups is 1. The molecule has 1 aromatic carbocycles. The van der Waals surface area contributed by atoms with Crippen molar-refractivity contribution in [1.29, 1.82) is 0 Å². The molecule has 0 saturated carbocycles. The third kappa shape index (κ3) is 3.59. The van der Waals surface area contributed by atoms with E-state index in [4.69, 9.17) is 0 Å². The van der Waals surface area contributed by atoms with Gasteiger partial charge in [0.25, 0.3) is 10.0 Å². The highest BCUT2D eigenvalue weighted by Gasteiger charge is 2.23. The molecule has 0 spiro atoms. The summed E-state index contributed by atoms with van der Waals surface area (Å²) in [5, 5.41) is 9.20. The molecule has 0 aliphatic rings. The predicted octanol–water partition coefficient (Wildman–Crippen LogP) is 2.97. The van der Waals surface area contributed by atoms with Crippen molar-refractivity contribution in [1.82, 2.24) is 9.55 Å². The molecule has 1 aromatic heterocycles. The number of aromatic nitrogens is 2. The van der Waals surface area contributed by atoms with Crippen LogP contribution in [-0.2, 0) is 10.0 Å². The van der Waals surface area contributed by atoms with E-state index in [1.807, 2.05) is 13.8 Å². The molecule has 0 aliphatic heterocycles. The second-order valence-electron chi connectivity index (χ2n) is 5.83. The number of imidazole rings is 1. The molecule has 2 N–H and O–H groups in total. The van der Waals surface area contributed by atoms with E-state index in [9.17, 15) is 18.3 Å². The van der Waals surface area contributed by atoms with Crippen LogP contribution in [0.3, 0.4) is 0 Å². The highest BCUT2D eigenvalue weighted by atomic mass is 32.2. The summed E-state index contributed by atoms with van der Waals surface area (Å²) in [6.07, 6.45) is 3.74. The number of benzene rings is 1. The van der Waals surface area contributed by atoms with Gasteiger partial charge in [-0.25, -0.2) is 9.78 Å². The molecule has 0 aliphatic carbocycles. The number of carboxylic acid groups (broad SMARTS) is 1. The lowest BCUT2D eigenvalue weighted by atomic mass is 10.0. The Labute approximate surface area is 141 Å². The number of nitrogens with zero attached hydrogens (tertiary/aromatic N) is 2. The molecule has 0 radical (unpaired) electrons. The fraction of sp³-hybridized carbons (Fsp3) is 0.375. The van der Waals surface area contributed by atoms with Crippen LogP contribution in [0, 0.1) is 13.8 Å². The smallest absolute Gasteiger partial charge is 0.337 e. The predicted molar refractivity (Wildman–Crippen MR) is 90.9 cm³/mol. The molecular weight excluding hydrogens is 330 g/mol. The summed E-state index contributed by atoms with van der Waals surface area (Å²) >= 11 is 0. The standard InChI is InChI=1S/C16H21N3O4S/c1-5-12(4)19-8-14(17-9-19)24(22,23)18-15-11(3)6-10(2)7-13(15)16(20)21/h6-9,12,18H,5H2,1-4H3,(H,20,21). The van der Waals surface area contributed by atoms with Gasteiger partial charge >= 0.3 is 5.97 Å². The number of carboxylic acids is 1. The van der Waals surface area contributed by atoms with Crippen molar-refractivity contribution in [3.8, 4) is 0 Å². The Hall–Kier alpha value is -2.35. The number of nitrogens with one attached hydrogen (secondary N) is 1. The Morgan fingerprint density at radius 3 is 2.62 bits per heavy atom. The van der Waals surface area contributed by atoms with Gasteiger partial charge in [-0.05, 0) is 44.4 Å². The third-order valence-corrected chi connectivity index (χ3v) is 5.13. The number of hydrogen-bond donors (Lipinski definition) is 2. The van der Waals surface area contributed by atoms with E-state index in [1.165, 1.54) is 18.6 Å². The van der Waals surface area contributed by atoms with Gasteiger partial charge in [0.05, 0.1) is 17.6 Å². The second-order valence-corrected chi connectivity index (χ2v) is 7.46. The van der Waals surface area contributed by atoms with Crippen LogP contribution in [0.5, 0.6) is 0 Å². The van der Waals surface area contributed by atoms with Gasteiger partial charge in [-0.15, -0.1) is 0 Å².